The van der Waals surface area contributed by atoms with Crippen molar-refractivity contribution in [1.29, 1.82) is 0 Å². The number of rotatable bonds is 14. The third-order valence-corrected chi connectivity index (χ3v) is 17.5. The summed E-state index contributed by atoms with van der Waals surface area (Å²) in [5.41, 5.74) is 16.3. The average Bonchev–Trinajstić information content (AvgIpc) is 4.16. The van der Waals surface area contributed by atoms with Crippen LogP contribution < -0.4 is 46.8 Å². The topological polar surface area (TPSA) is 363 Å². The maximum Gasteiger partial charge on any atom is 1.00 e. The molecule has 3 fully saturated rings. The molecule has 6 N–H and O–H groups in total. The first-order valence-electron chi connectivity index (χ1n) is 20.4. The molecule has 370 valence electrons. The number of hydrogen-bond donors (Lipinski definition) is 3. The van der Waals surface area contributed by atoms with Crippen molar-refractivity contribution in [3.8, 4) is 0 Å². The van der Waals surface area contributed by atoms with Gasteiger partial charge in [0.25, 0.3) is 22.5 Å². The number of amides is 9. The Bertz CT molecular complexity index is 2740. The fourth-order valence-electron chi connectivity index (χ4n) is 7.16. The van der Waals surface area contributed by atoms with E-state index in [2.05, 4.69) is 73.6 Å². The van der Waals surface area contributed by atoms with Crippen LogP contribution in [0.3, 0.4) is 0 Å². The monoisotopic (exact) mass is 1180 g/mol. The van der Waals surface area contributed by atoms with E-state index < -0.39 is 58.6 Å². The van der Waals surface area contributed by atoms with Gasteiger partial charge in [-0.3, -0.25) is 19.2 Å². The maximum atomic E-state index is 12.1. The Hall–Kier alpha value is -5.38. The molecule has 3 aromatic heterocycles. The number of nitrogens with two attached hydrogens (primary N) is 3. The molecule has 3 aromatic rings. The van der Waals surface area contributed by atoms with Gasteiger partial charge in [-0.15, -0.1) is 6.58 Å². The standard InChI is InChI=1S/C13H14N4O4.C10H10N4O7S.C9H11N2O2.C4H3BrN2O2.3CH3.Na.Sn/c1-2-3-21-17-9-4-8(5-16(6-9)13(17)19)12-15-10(7-20-12)11(14)18;11-8(15)7-4-20-9(12-7)5-1-6-3-13(2-5)10(16)14(6)21-22(17,18)19;1-2-6-13-11-8-4-3-5-10(7-8)9(11)12;5-4-7-2(1-9-4)3(6)8;;;;;/h2,4,7,9H,1,3,5-6H2,(H2,14,18);1,4,6H,2-3H2,(H2,11,15)(H,17,18,19);2,4,8H,1,5-7H2;1H,(H2,6,8);3*1H3;;/q;;;;;;;+1;/p-1. The van der Waals surface area contributed by atoms with Crippen molar-refractivity contribution in [3.63, 3.8) is 0 Å². The first-order valence-corrected chi connectivity index (χ1v) is 32.5. The average molecular weight is 1180 g/mol. The van der Waals surface area contributed by atoms with Gasteiger partial charge in [0.15, 0.2) is 17.1 Å². The minimum Gasteiger partial charge on any atom is -0.724 e. The summed E-state index contributed by atoms with van der Waals surface area (Å²) in [7, 11) is -5.07. The number of carbonyl (C=O) groups is 6. The summed E-state index contributed by atoms with van der Waals surface area (Å²) in [6.07, 6.45) is 12.3. The molecule has 0 spiro atoms. The zero-order valence-electron chi connectivity index (χ0n) is 38.1. The summed E-state index contributed by atoms with van der Waals surface area (Å²) in [6.45, 7) is 10.5. The van der Waals surface area contributed by atoms with E-state index in [0.717, 1.165) is 24.9 Å². The van der Waals surface area contributed by atoms with E-state index in [1.165, 1.54) is 37.2 Å². The molecule has 0 aromatic carbocycles. The smallest absolute Gasteiger partial charge is 0.724 e. The number of carbonyl (C=O) groups excluding carboxylic acids is 6. The van der Waals surface area contributed by atoms with Crippen LogP contribution in [0.5, 0.6) is 0 Å². The normalized spacial score (nSPS) is 19.9. The Morgan fingerprint density at radius 2 is 1.10 bits per heavy atom. The fourth-order valence-corrected chi connectivity index (χ4v) is 11.7. The molecular formula is C39H46BrN12NaO15SSn. The number of hydrogen-bond acceptors (Lipinski definition) is 18. The predicted octanol–water partition coefficient (Wildman–Crippen LogP) is -1.37. The molecule has 6 bridgehead atoms. The van der Waals surface area contributed by atoms with E-state index in [0.29, 0.717) is 30.3 Å². The van der Waals surface area contributed by atoms with Crippen LogP contribution in [-0.2, 0) is 24.4 Å². The molecule has 3 saturated heterocycles. The van der Waals surface area contributed by atoms with Crippen LogP contribution in [0.15, 0.2) is 84.0 Å². The molecule has 9 heterocycles. The van der Waals surface area contributed by atoms with Crippen LogP contribution in [0.2, 0.25) is 14.8 Å². The van der Waals surface area contributed by atoms with E-state index in [9.17, 15) is 41.7 Å². The van der Waals surface area contributed by atoms with Gasteiger partial charge in [-0.1, -0.05) is 6.08 Å². The molecule has 6 aliphatic rings. The molecule has 27 nitrogen and oxygen atoms in total. The molecule has 9 rings (SSSR count). The van der Waals surface area contributed by atoms with Crippen LogP contribution in [0.25, 0.3) is 11.1 Å². The third-order valence-electron chi connectivity index (χ3n) is 10.4. The van der Waals surface area contributed by atoms with Crippen LogP contribution in [-0.4, -0.2) is 183 Å². The summed E-state index contributed by atoms with van der Waals surface area (Å²) >= 11 is 0.858. The van der Waals surface area contributed by atoms with Crippen molar-refractivity contribution in [2.24, 2.45) is 17.2 Å². The van der Waals surface area contributed by atoms with E-state index in [4.69, 9.17) is 35.7 Å². The number of nitrogens with zero attached hydrogens (tertiary/aromatic N) is 9. The third kappa shape index (κ3) is 13.5. The second-order valence-corrected chi connectivity index (χ2v) is 32.6. The second kappa shape index (κ2) is 23.2. The quantitative estimate of drug-likeness (QED) is 0.0725. The van der Waals surface area contributed by atoms with Crippen LogP contribution >= 0.6 is 15.9 Å². The number of halogens is 1. The minimum atomic E-state index is -5.07. The first-order chi connectivity index (χ1) is 32.5. The first kappa shape index (κ1) is 55.5. The largest absolute Gasteiger partial charge is 1.00 e. The van der Waals surface area contributed by atoms with Crippen molar-refractivity contribution in [2.45, 2.75) is 32.9 Å². The number of urea groups is 3. The van der Waals surface area contributed by atoms with Gasteiger partial charge >= 0.3 is 149 Å². The van der Waals surface area contributed by atoms with Crippen LogP contribution in [0, 0.1) is 0 Å². The molecule has 70 heavy (non-hydrogen) atoms. The summed E-state index contributed by atoms with van der Waals surface area (Å²) < 4.78 is 52.6. The Morgan fingerprint density at radius 3 is 1.46 bits per heavy atom. The van der Waals surface area contributed by atoms with Crippen molar-refractivity contribution in [2.75, 3.05) is 52.5 Å². The molecule has 3 unspecified atom stereocenters. The Balaban J connectivity index is 0.000000180. The molecule has 6 aliphatic heterocycles. The zero-order valence-corrected chi connectivity index (χ0v) is 45.3. The molecule has 3 atom stereocenters. The Morgan fingerprint density at radius 1 is 0.714 bits per heavy atom. The number of primary amides is 3. The number of aromatic nitrogens is 3. The Labute approximate surface area is 434 Å². The van der Waals surface area contributed by atoms with Gasteiger partial charge in [-0.25, -0.2) is 28.0 Å². The molecule has 0 radical (unpaired) electrons. The van der Waals surface area contributed by atoms with Crippen molar-refractivity contribution in [3.05, 3.63) is 99.6 Å². The summed E-state index contributed by atoms with van der Waals surface area (Å²) in [5, 5.41) is 3.30. The van der Waals surface area contributed by atoms with Crippen molar-refractivity contribution in [1.82, 2.24) is 44.8 Å². The molecular weight excluding hydrogens is 1130 g/mol. The van der Waals surface area contributed by atoms with Crippen LogP contribution in [0.1, 0.15) is 43.2 Å². The summed E-state index contributed by atoms with van der Waals surface area (Å²) in [5.74, 6) is -1.66. The van der Waals surface area contributed by atoms with Gasteiger partial charge in [-0.2, -0.15) is 19.4 Å². The molecule has 0 saturated carbocycles. The summed E-state index contributed by atoms with van der Waals surface area (Å²) in [6, 6.07) is -1.89. The summed E-state index contributed by atoms with van der Waals surface area (Å²) in [4.78, 5) is 103. The molecule has 31 heteroatoms. The van der Waals surface area contributed by atoms with E-state index >= 15 is 0 Å². The van der Waals surface area contributed by atoms with Crippen molar-refractivity contribution < 1.29 is 98.5 Å². The SMILES string of the molecule is C=CCON1C(=O)N2CC(c3nc(C(N)=O)co3)=CC1C2.C=CCON1C(=O)N2C[C]([Sn]([CH3])([CH3])[CH3])=CC1C2.NC(=O)c1coc(Br)n1.NC(=O)c1coc(C2=CC3CN(C2)C(=O)N3OS(=O)(=O)[O-])n1.[Na+]. The Kier molecular flexibility index (Phi) is 18.4. The van der Waals surface area contributed by atoms with Gasteiger partial charge in [0.2, 0.25) is 22.2 Å². The zero-order chi connectivity index (χ0) is 50.5. The second-order valence-electron chi connectivity index (χ2n) is 16.3. The van der Waals surface area contributed by atoms with E-state index in [-0.39, 0.29) is 107 Å². The minimum absolute atomic E-state index is 0. The van der Waals surface area contributed by atoms with Crippen molar-refractivity contribution >= 4 is 91.7 Å². The van der Waals surface area contributed by atoms with Gasteiger partial charge < -0.3 is 44.8 Å². The molecule has 0 aliphatic carbocycles. The van der Waals surface area contributed by atoms with Crippen LogP contribution in [0.4, 0.5) is 14.4 Å². The number of hydroxylamine groups is 6. The predicted molar refractivity (Wildman–Crippen MR) is 241 cm³/mol. The van der Waals surface area contributed by atoms with Gasteiger partial charge in [0.1, 0.15) is 18.8 Å². The van der Waals surface area contributed by atoms with Gasteiger partial charge in [0.05, 0.1) is 31.8 Å². The number of oxazole rings is 3. The number of fused-ring (bicyclic) bond motifs is 6. The van der Waals surface area contributed by atoms with Gasteiger partial charge in [-0.05, 0) is 12.2 Å². The molecule has 9 amide bonds. The van der Waals surface area contributed by atoms with E-state index in [1.807, 2.05) is 11.0 Å². The maximum absolute atomic E-state index is 12.1. The van der Waals surface area contributed by atoms with E-state index in [1.54, 1.807) is 17.1 Å². The fraction of sp³-hybridized carbons (Fsp3) is 0.359. The van der Waals surface area contributed by atoms with Gasteiger partial charge in [0, 0.05) is 40.2 Å².